The SMILES string of the molecule is NC(=S)N/N=C\c1ccc(N2CCCC2)o1. The molecule has 0 unspecified atom stereocenters. The molecule has 1 aromatic rings. The van der Waals surface area contributed by atoms with Crippen LogP contribution in [0.25, 0.3) is 0 Å². The van der Waals surface area contributed by atoms with Gasteiger partial charge in [0.05, 0.1) is 6.21 Å². The molecule has 0 amide bonds. The standard InChI is InChI=1S/C10H14N4OS/c11-10(16)13-12-7-8-3-4-9(15-8)14-5-1-2-6-14/h3-4,7H,1-2,5-6H2,(H3,11,13,16)/b12-7-. The Morgan fingerprint density at radius 1 is 1.50 bits per heavy atom. The highest BCUT2D eigenvalue weighted by Crippen LogP contribution is 2.21. The lowest BCUT2D eigenvalue weighted by Gasteiger charge is -2.12. The van der Waals surface area contributed by atoms with Gasteiger partial charge in [0.15, 0.2) is 11.0 Å². The molecule has 16 heavy (non-hydrogen) atoms. The van der Waals surface area contributed by atoms with Crippen LogP contribution in [0, 0.1) is 0 Å². The first kappa shape index (κ1) is 10.9. The molecule has 0 aromatic carbocycles. The maximum atomic E-state index is 5.60. The number of thiocarbonyl (C=S) groups is 1. The Bertz CT molecular complexity index is 395. The second-order valence-electron chi connectivity index (χ2n) is 3.60. The largest absolute Gasteiger partial charge is 0.440 e. The Morgan fingerprint density at radius 3 is 2.94 bits per heavy atom. The van der Waals surface area contributed by atoms with Crippen LogP contribution < -0.4 is 16.1 Å². The maximum absolute atomic E-state index is 5.60. The number of hydrazone groups is 1. The van der Waals surface area contributed by atoms with Crippen molar-refractivity contribution in [1.29, 1.82) is 0 Å². The summed E-state index contributed by atoms with van der Waals surface area (Å²) in [6.45, 7) is 2.13. The van der Waals surface area contributed by atoms with Crippen LogP contribution in [-0.2, 0) is 0 Å². The molecule has 5 nitrogen and oxygen atoms in total. The van der Waals surface area contributed by atoms with Gasteiger partial charge < -0.3 is 15.1 Å². The summed E-state index contributed by atoms with van der Waals surface area (Å²) in [5, 5.41) is 3.97. The summed E-state index contributed by atoms with van der Waals surface area (Å²) in [5.74, 6) is 1.58. The number of nitrogens with two attached hydrogens (primary N) is 1. The maximum Gasteiger partial charge on any atom is 0.196 e. The topological polar surface area (TPSA) is 66.8 Å². The molecule has 1 aromatic heterocycles. The number of hydrogen-bond donors (Lipinski definition) is 2. The highest BCUT2D eigenvalue weighted by molar-refractivity contribution is 7.80. The Labute approximate surface area is 99.3 Å². The minimum Gasteiger partial charge on any atom is -0.440 e. The molecule has 1 saturated heterocycles. The molecule has 3 N–H and O–H groups in total. The molecule has 0 spiro atoms. The fourth-order valence-electron chi connectivity index (χ4n) is 1.68. The quantitative estimate of drug-likeness (QED) is 0.468. The number of nitrogens with one attached hydrogen (secondary N) is 1. The number of nitrogens with zero attached hydrogens (tertiary/aromatic N) is 2. The van der Waals surface area contributed by atoms with Crippen LogP contribution in [0.4, 0.5) is 5.88 Å². The van der Waals surface area contributed by atoms with E-state index in [4.69, 9.17) is 10.2 Å². The third-order valence-corrected chi connectivity index (χ3v) is 2.49. The summed E-state index contributed by atoms with van der Waals surface area (Å²) >= 11 is 4.62. The predicted octanol–water partition coefficient (Wildman–Crippen LogP) is 1.05. The highest BCUT2D eigenvalue weighted by atomic mass is 32.1. The molecule has 0 radical (unpaired) electrons. The molecule has 0 bridgehead atoms. The van der Waals surface area contributed by atoms with Crippen molar-refractivity contribution in [1.82, 2.24) is 5.43 Å². The van der Waals surface area contributed by atoms with Gasteiger partial charge in [0.25, 0.3) is 0 Å². The lowest BCUT2D eigenvalue weighted by atomic mass is 10.4. The van der Waals surface area contributed by atoms with Crippen LogP contribution in [0.15, 0.2) is 21.7 Å². The molecule has 0 atom stereocenters. The minimum atomic E-state index is 0.141. The number of hydrogen-bond acceptors (Lipinski definition) is 4. The number of rotatable bonds is 3. The van der Waals surface area contributed by atoms with Gasteiger partial charge in [-0.15, -0.1) is 0 Å². The smallest absolute Gasteiger partial charge is 0.196 e. The average Bonchev–Trinajstić information content (AvgIpc) is 2.85. The molecule has 0 aliphatic carbocycles. The second kappa shape index (κ2) is 4.98. The molecule has 1 aliphatic rings. The van der Waals surface area contributed by atoms with Crippen LogP contribution in [0.3, 0.4) is 0 Å². The van der Waals surface area contributed by atoms with Crippen molar-refractivity contribution in [2.45, 2.75) is 12.8 Å². The summed E-state index contributed by atoms with van der Waals surface area (Å²) in [4.78, 5) is 2.22. The van der Waals surface area contributed by atoms with Crippen molar-refractivity contribution in [3.63, 3.8) is 0 Å². The third-order valence-electron chi connectivity index (χ3n) is 2.40. The molecule has 86 valence electrons. The first-order valence-corrected chi connectivity index (χ1v) is 5.60. The van der Waals surface area contributed by atoms with Crippen molar-refractivity contribution in [3.8, 4) is 0 Å². The highest BCUT2D eigenvalue weighted by Gasteiger charge is 2.14. The molecular formula is C10H14N4OS. The molecule has 2 rings (SSSR count). The third kappa shape index (κ3) is 2.73. The summed E-state index contributed by atoms with van der Waals surface area (Å²) in [7, 11) is 0. The lowest BCUT2D eigenvalue weighted by Crippen LogP contribution is -2.23. The zero-order valence-electron chi connectivity index (χ0n) is 8.85. The van der Waals surface area contributed by atoms with Crippen molar-refractivity contribution in [2.75, 3.05) is 18.0 Å². The fourth-order valence-corrected chi connectivity index (χ4v) is 1.73. The predicted molar refractivity (Wildman–Crippen MR) is 67.7 cm³/mol. The van der Waals surface area contributed by atoms with Gasteiger partial charge in [0, 0.05) is 19.2 Å². The summed E-state index contributed by atoms with van der Waals surface area (Å²) < 4.78 is 5.60. The van der Waals surface area contributed by atoms with Crippen molar-refractivity contribution < 1.29 is 4.42 Å². The normalized spacial score (nSPS) is 15.9. The van der Waals surface area contributed by atoms with Crippen LogP contribution in [-0.4, -0.2) is 24.4 Å². The van der Waals surface area contributed by atoms with E-state index in [0.29, 0.717) is 5.76 Å². The van der Waals surface area contributed by atoms with Gasteiger partial charge in [-0.1, -0.05) is 0 Å². The Balaban J connectivity index is 1.96. The van der Waals surface area contributed by atoms with Crippen LogP contribution in [0.5, 0.6) is 0 Å². The Kier molecular flexibility index (Phi) is 3.40. The summed E-state index contributed by atoms with van der Waals surface area (Å²) in [6, 6.07) is 3.83. The van der Waals surface area contributed by atoms with Gasteiger partial charge in [-0.05, 0) is 31.1 Å². The molecule has 6 heteroatoms. The van der Waals surface area contributed by atoms with E-state index in [9.17, 15) is 0 Å². The van der Waals surface area contributed by atoms with E-state index in [-0.39, 0.29) is 5.11 Å². The van der Waals surface area contributed by atoms with E-state index in [0.717, 1.165) is 19.0 Å². The van der Waals surface area contributed by atoms with Crippen molar-refractivity contribution in [3.05, 3.63) is 17.9 Å². The molecule has 1 fully saturated rings. The minimum absolute atomic E-state index is 0.141. The van der Waals surface area contributed by atoms with Gasteiger partial charge in [-0.2, -0.15) is 5.10 Å². The first-order valence-electron chi connectivity index (χ1n) is 5.19. The van der Waals surface area contributed by atoms with Crippen LogP contribution >= 0.6 is 12.2 Å². The van der Waals surface area contributed by atoms with E-state index in [1.54, 1.807) is 6.21 Å². The fraction of sp³-hybridized carbons (Fsp3) is 0.400. The van der Waals surface area contributed by atoms with Gasteiger partial charge >= 0.3 is 0 Å². The Morgan fingerprint density at radius 2 is 2.25 bits per heavy atom. The van der Waals surface area contributed by atoms with Crippen LogP contribution in [0.2, 0.25) is 0 Å². The lowest BCUT2D eigenvalue weighted by molar-refractivity contribution is 0.550. The molecule has 2 heterocycles. The monoisotopic (exact) mass is 238 g/mol. The van der Waals surface area contributed by atoms with E-state index in [1.165, 1.54) is 12.8 Å². The number of furan rings is 1. The zero-order valence-corrected chi connectivity index (χ0v) is 9.67. The summed E-state index contributed by atoms with van der Waals surface area (Å²) in [5.41, 5.74) is 7.71. The molecule has 1 aliphatic heterocycles. The average molecular weight is 238 g/mol. The van der Waals surface area contributed by atoms with Crippen molar-refractivity contribution in [2.24, 2.45) is 10.8 Å². The Hall–Kier alpha value is -1.56. The first-order chi connectivity index (χ1) is 7.75. The van der Waals surface area contributed by atoms with E-state index in [2.05, 4.69) is 27.6 Å². The van der Waals surface area contributed by atoms with Gasteiger partial charge in [0.2, 0.25) is 0 Å². The zero-order chi connectivity index (χ0) is 11.4. The van der Waals surface area contributed by atoms with Crippen molar-refractivity contribution >= 4 is 29.4 Å². The van der Waals surface area contributed by atoms with Gasteiger partial charge in [-0.25, -0.2) is 0 Å². The van der Waals surface area contributed by atoms with E-state index < -0.39 is 0 Å². The summed E-state index contributed by atoms with van der Waals surface area (Å²) in [6.07, 6.45) is 4.01. The molecular weight excluding hydrogens is 224 g/mol. The van der Waals surface area contributed by atoms with E-state index >= 15 is 0 Å². The second-order valence-corrected chi connectivity index (χ2v) is 4.04. The van der Waals surface area contributed by atoms with Gasteiger partial charge in [0.1, 0.15) is 5.76 Å². The van der Waals surface area contributed by atoms with Crippen LogP contribution in [0.1, 0.15) is 18.6 Å². The van der Waals surface area contributed by atoms with Gasteiger partial charge in [-0.3, -0.25) is 5.43 Å². The molecule has 0 saturated carbocycles. The van der Waals surface area contributed by atoms with E-state index in [1.807, 2.05) is 12.1 Å². The number of anilines is 1.